The van der Waals surface area contributed by atoms with E-state index >= 15 is 0 Å². The largest absolute Gasteiger partial charge is 0.465 e. The molecule has 0 radical (unpaired) electrons. The van der Waals surface area contributed by atoms with Gasteiger partial charge in [-0.15, -0.1) is 0 Å². The zero-order valence-electron chi connectivity index (χ0n) is 16.6. The second-order valence-corrected chi connectivity index (χ2v) is 6.86. The number of pyridine rings is 1. The summed E-state index contributed by atoms with van der Waals surface area (Å²) in [6.07, 6.45) is 1.56. The van der Waals surface area contributed by atoms with Crippen LogP contribution in [0.15, 0.2) is 66.9 Å². The molecule has 0 bridgehead atoms. The number of carbonyl (C=O) groups excluding carboxylic acids is 2. The third-order valence-corrected chi connectivity index (χ3v) is 4.40. The topological polar surface area (TPSA) is 80.3 Å². The molecule has 0 unspecified atom stereocenters. The lowest BCUT2D eigenvalue weighted by Crippen LogP contribution is -2.13. The number of methoxy groups -OCH3 is 1. The van der Waals surface area contributed by atoms with E-state index in [2.05, 4.69) is 29.5 Å². The highest BCUT2D eigenvalue weighted by Gasteiger charge is 2.10. The number of hydrogen-bond acceptors (Lipinski definition) is 5. The maximum Gasteiger partial charge on any atom is 0.337 e. The summed E-state index contributed by atoms with van der Waals surface area (Å²) in [6, 6.07) is 18.1. The smallest absolute Gasteiger partial charge is 0.337 e. The molecule has 1 heterocycles. The molecular formula is C23H23N3O3. The highest BCUT2D eigenvalue weighted by Crippen LogP contribution is 2.20. The summed E-state index contributed by atoms with van der Waals surface area (Å²) in [6.45, 7) is 4.24. The van der Waals surface area contributed by atoms with Crippen LogP contribution in [0.25, 0.3) is 0 Å². The van der Waals surface area contributed by atoms with Crippen molar-refractivity contribution in [3.8, 4) is 0 Å². The predicted octanol–water partition coefficient (Wildman–Crippen LogP) is 4.99. The highest BCUT2D eigenvalue weighted by molar-refractivity contribution is 6.03. The Bertz CT molecular complexity index is 1010. The number of esters is 1. The zero-order valence-corrected chi connectivity index (χ0v) is 16.6. The number of hydrogen-bond donors (Lipinski definition) is 2. The van der Waals surface area contributed by atoms with Gasteiger partial charge in [-0.25, -0.2) is 4.79 Å². The molecule has 0 atom stereocenters. The molecule has 6 nitrogen and oxygen atoms in total. The maximum atomic E-state index is 12.6. The SMILES string of the molecule is COC(=O)c1cccc(Nc2ccnc(C(=O)Nc3ccc(C(C)C)cc3)c2)c1. The monoisotopic (exact) mass is 389 g/mol. The lowest BCUT2D eigenvalue weighted by molar-refractivity contribution is 0.0600. The first-order valence-corrected chi connectivity index (χ1v) is 9.29. The minimum atomic E-state index is -0.410. The van der Waals surface area contributed by atoms with Crippen LogP contribution in [-0.4, -0.2) is 24.0 Å². The van der Waals surface area contributed by atoms with E-state index in [0.717, 1.165) is 0 Å². The number of anilines is 3. The first-order chi connectivity index (χ1) is 14.0. The van der Waals surface area contributed by atoms with Crippen LogP contribution in [0.4, 0.5) is 17.1 Å². The lowest BCUT2D eigenvalue weighted by Gasteiger charge is -2.10. The summed E-state index contributed by atoms with van der Waals surface area (Å²) >= 11 is 0. The molecule has 0 aliphatic heterocycles. The first kappa shape index (κ1) is 20.1. The zero-order chi connectivity index (χ0) is 20.8. The van der Waals surface area contributed by atoms with Gasteiger partial charge in [0.1, 0.15) is 5.69 Å². The molecular weight excluding hydrogens is 366 g/mol. The molecule has 1 aromatic heterocycles. The van der Waals surface area contributed by atoms with Crippen molar-refractivity contribution >= 4 is 28.9 Å². The number of carbonyl (C=O) groups is 2. The number of nitrogens with zero attached hydrogens (tertiary/aromatic N) is 1. The Kier molecular flexibility index (Phi) is 6.24. The average Bonchev–Trinajstić information content (AvgIpc) is 2.74. The van der Waals surface area contributed by atoms with Crippen LogP contribution in [0.3, 0.4) is 0 Å². The van der Waals surface area contributed by atoms with Crippen molar-refractivity contribution < 1.29 is 14.3 Å². The lowest BCUT2D eigenvalue weighted by atomic mass is 10.0. The van der Waals surface area contributed by atoms with Crippen molar-refractivity contribution in [3.63, 3.8) is 0 Å². The third-order valence-electron chi connectivity index (χ3n) is 4.40. The summed E-state index contributed by atoms with van der Waals surface area (Å²) in [5.74, 6) is -0.275. The van der Waals surface area contributed by atoms with Crippen molar-refractivity contribution in [1.29, 1.82) is 0 Å². The highest BCUT2D eigenvalue weighted by atomic mass is 16.5. The van der Waals surface area contributed by atoms with E-state index in [9.17, 15) is 9.59 Å². The average molecular weight is 389 g/mol. The van der Waals surface area contributed by atoms with E-state index in [1.165, 1.54) is 12.7 Å². The molecule has 0 aliphatic carbocycles. The van der Waals surface area contributed by atoms with Gasteiger partial charge in [0.2, 0.25) is 0 Å². The molecule has 2 aromatic carbocycles. The van der Waals surface area contributed by atoms with Gasteiger partial charge < -0.3 is 15.4 Å². The van der Waals surface area contributed by atoms with Crippen LogP contribution in [0.5, 0.6) is 0 Å². The summed E-state index contributed by atoms with van der Waals surface area (Å²) in [4.78, 5) is 28.4. The third kappa shape index (κ3) is 5.19. The number of nitrogens with one attached hydrogen (secondary N) is 2. The Balaban J connectivity index is 1.72. The van der Waals surface area contributed by atoms with Gasteiger partial charge in [-0.1, -0.05) is 32.0 Å². The molecule has 1 amide bonds. The quantitative estimate of drug-likeness (QED) is 0.581. The molecule has 148 valence electrons. The van der Waals surface area contributed by atoms with Gasteiger partial charge in [-0.05, 0) is 53.9 Å². The first-order valence-electron chi connectivity index (χ1n) is 9.29. The Morgan fingerprint density at radius 3 is 2.34 bits per heavy atom. The Hall–Kier alpha value is -3.67. The number of rotatable bonds is 6. The van der Waals surface area contributed by atoms with E-state index < -0.39 is 5.97 Å². The van der Waals surface area contributed by atoms with Crippen molar-refractivity contribution in [1.82, 2.24) is 4.98 Å². The van der Waals surface area contributed by atoms with Crippen molar-refractivity contribution in [2.75, 3.05) is 17.7 Å². The fourth-order valence-electron chi connectivity index (χ4n) is 2.79. The Labute approximate surface area is 169 Å². The number of aromatic nitrogens is 1. The van der Waals surface area contributed by atoms with Crippen LogP contribution in [-0.2, 0) is 4.74 Å². The molecule has 0 saturated heterocycles. The normalized spacial score (nSPS) is 10.5. The fourth-order valence-corrected chi connectivity index (χ4v) is 2.79. The molecule has 0 fully saturated rings. The van der Waals surface area contributed by atoms with E-state index in [-0.39, 0.29) is 11.6 Å². The molecule has 2 N–H and O–H groups in total. The second kappa shape index (κ2) is 9.01. The van der Waals surface area contributed by atoms with Crippen LogP contribution >= 0.6 is 0 Å². The summed E-state index contributed by atoms with van der Waals surface area (Å²) in [7, 11) is 1.34. The minimum Gasteiger partial charge on any atom is -0.465 e. The van der Waals surface area contributed by atoms with Gasteiger partial charge in [0.05, 0.1) is 12.7 Å². The van der Waals surface area contributed by atoms with Crippen LogP contribution in [0.1, 0.15) is 46.2 Å². The van der Waals surface area contributed by atoms with Crippen molar-refractivity contribution in [2.24, 2.45) is 0 Å². The van der Waals surface area contributed by atoms with E-state index in [4.69, 9.17) is 4.74 Å². The molecule has 6 heteroatoms. The van der Waals surface area contributed by atoms with Gasteiger partial charge >= 0.3 is 5.97 Å². The molecule has 29 heavy (non-hydrogen) atoms. The van der Waals surface area contributed by atoms with Crippen molar-refractivity contribution in [3.05, 3.63) is 83.7 Å². The van der Waals surface area contributed by atoms with Gasteiger partial charge in [0.15, 0.2) is 0 Å². The van der Waals surface area contributed by atoms with E-state index in [1.807, 2.05) is 30.3 Å². The van der Waals surface area contributed by atoms with E-state index in [0.29, 0.717) is 28.5 Å². The molecule has 3 aromatic rings. The summed E-state index contributed by atoms with van der Waals surface area (Å²) in [5, 5.41) is 6.03. The second-order valence-electron chi connectivity index (χ2n) is 6.86. The van der Waals surface area contributed by atoms with Crippen LogP contribution < -0.4 is 10.6 Å². The van der Waals surface area contributed by atoms with Crippen LogP contribution in [0, 0.1) is 0 Å². The Morgan fingerprint density at radius 1 is 0.931 bits per heavy atom. The fraction of sp³-hybridized carbons (Fsp3) is 0.174. The standard InChI is InChI=1S/C23H23N3O3/c1-15(2)16-7-9-18(10-8-16)26-22(27)21-14-20(11-12-24-21)25-19-6-4-5-17(13-19)23(28)29-3/h4-15H,1-3H3,(H,24,25)(H,26,27). The molecule has 0 spiro atoms. The number of amides is 1. The molecule has 0 saturated carbocycles. The molecule has 3 rings (SSSR count). The molecule has 0 aliphatic rings. The van der Waals surface area contributed by atoms with Gasteiger partial charge in [-0.2, -0.15) is 0 Å². The number of ether oxygens (including phenoxy) is 1. The summed E-state index contributed by atoms with van der Waals surface area (Å²) in [5.41, 5.74) is 4.03. The van der Waals surface area contributed by atoms with Crippen molar-refractivity contribution in [2.45, 2.75) is 19.8 Å². The maximum absolute atomic E-state index is 12.6. The van der Waals surface area contributed by atoms with Gasteiger partial charge in [0, 0.05) is 23.3 Å². The van der Waals surface area contributed by atoms with Gasteiger partial charge in [-0.3, -0.25) is 9.78 Å². The minimum absolute atomic E-state index is 0.284. The van der Waals surface area contributed by atoms with Crippen LogP contribution in [0.2, 0.25) is 0 Å². The summed E-state index contributed by atoms with van der Waals surface area (Å²) < 4.78 is 4.74. The predicted molar refractivity (Wildman–Crippen MR) is 114 cm³/mol. The van der Waals surface area contributed by atoms with E-state index in [1.54, 1.807) is 36.5 Å². The van der Waals surface area contributed by atoms with Gasteiger partial charge in [0.25, 0.3) is 5.91 Å². The number of benzene rings is 2. The Morgan fingerprint density at radius 2 is 1.66 bits per heavy atom.